The fourth-order valence-electron chi connectivity index (χ4n) is 4.34. The van der Waals surface area contributed by atoms with Crippen molar-refractivity contribution in [3.8, 4) is 0 Å². The predicted octanol–water partition coefficient (Wildman–Crippen LogP) is 3.93. The molecular weight excluding hydrogens is 452 g/mol. The van der Waals surface area contributed by atoms with Crippen LogP contribution in [0.5, 0.6) is 0 Å². The van der Waals surface area contributed by atoms with E-state index in [0.29, 0.717) is 36.8 Å². The summed E-state index contributed by atoms with van der Waals surface area (Å²) in [4.78, 5) is 30.9. The second kappa shape index (κ2) is 15.8. The summed E-state index contributed by atoms with van der Waals surface area (Å²) < 4.78 is 0. The lowest BCUT2D eigenvalue weighted by Gasteiger charge is -2.36. The van der Waals surface area contributed by atoms with Gasteiger partial charge in [-0.15, -0.1) is 0 Å². The molecule has 1 aromatic heterocycles. The Labute approximate surface area is 216 Å². The van der Waals surface area contributed by atoms with E-state index in [4.69, 9.17) is 5.73 Å². The van der Waals surface area contributed by atoms with Gasteiger partial charge in [-0.2, -0.15) is 0 Å². The number of nitrogens with zero attached hydrogens (tertiary/aromatic N) is 3. The zero-order valence-electron chi connectivity index (χ0n) is 22.4. The molecule has 3 rings (SSSR count). The zero-order valence-corrected chi connectivity index (χ0v) is 22.4. The number of aryl methyl sites for hydroxylation is 1. The van der Waals surface area contributed by atoms with Crippen molar-refractivity contribution >= 4 is 29.5 Å². The first kappa shape index (κ1) is 29.1. The van der Waals surface area contributed by atoms with E-state index in [2.05, 4.69) is 69.8 Å². The monoisotopic (exact) mass is 496 g/mol. The SMILES string of the molecule is CCc1cc(NC(=O)CCCC(C)CNC=O)cnc1N.CN(C)C1CCN(c2ccccc2)CC1. The number of para-hydroxylation sites is 1. The number of nitrogens with one attached hydrogen (secondary N) is 2. The van der Waals surface area contributed by atoms with Crippen molar-refractivity contribution in [2.75, 3.05) is 49.7 Å². The van der Waals surface area contributed by atoms with Gasteiger partial charge < -0.3 is 26.2 Å². The van der Waals surface area contributed by atoms with Gasteiger partial charge in [-0.25, -0.2) is 4.98 Å². The lowest BCUT2D eigenvalue weighted by molar-refractivity contribution is -0.116. The van der Waals surface area contributed by atoms with Gasteiger partial charge in [0.1, 0.15) is 5.82 Å². The highest BCUT2D eigenvalue weighted by Crippen LogP contribution is 2.21. The number of nitrogen functional groups attached to an aromatic ring is 1. The van der Waals surface area contributed by atoms with Crippen LogP contribution in [0.3, 0.4) is 0 Å². The maximum atomic E-state index is 11.9. The Balaban J connectivity index is 0.000000267. The normalized spacial score (nSPS) is 14.5. The van der Waals surface area contributed by atoms with Crippen molar-refractivity contribution in [1.82, 2.24) is 15.2 Å². The standard InChI is InChI=1S/C15H24N4O2.C13H20N2/c1-3-12-7-13(9-18-15(12)16)19-14(21)6-4-5-11(2)8-17-10-20;1-14(2)12-8-10-15(11-9-12)13-6-4-3-5-7-13/h7,9-11H,3-6,8H2,1-2H3,(H2,16,18)(H,17,20)(H,19,21);3-7,12H,8-11H2,1-2H3. The number of anilines is 3. The molecule has 2 heterocycles. The Hall–Kier alpha value is -3.13. The molecule has 2 amide bonds. The molecule has 1 unspecified atom stereocenters. The minimum Gasteiger partial charge on any atom is -0.383 e. The van der Waals surface area contributed by atoms with Crippen molar-refractivity contribution in [2.24, 2.45) is 5.92 Å². The fraction of sp³-hybridized carbons (Fsp3) is 0.536. The van der Waals surface area contributed by atoms with Gasteiger partial charge in [-0.05, 0) is 75.9 Å². The number of hydrogen-bond donors (Lipinski definition) is 3. The average Bonchev–Trinajstić information content (AvgIpc) is 2.89. The molecule has 0 saturated carbocycles. The van der Waals surface area contributed by atoms with Gasteiger partial charge in [0.15, 0.2) is 0 Å². The Bertz CT molecular complexity index is 914. The average molecular weight is 497 g/mol. The van der Waals surface area contributed by atoms with Crippen LogP contribution in [0.2, 0.25) is 0 Å². The van der Waals surface area contributed by atoms with Gasteiger partial charge in [0.2, 0.25) is 12.3 Å². The van der Waals surface area contributed by atoms with Crippen LogP contribution in [0.15, 0.2) is 42.6 Å². The molecule has 0 aliphatic carbocycles. The number of piperidine rings is 1. The first-order chi connectivity index (χ1) is 17.3. The van der Waals surface area contributed by atoms with Crippen LogP contribution in [0.4, 0.5) is 17.2 Å². The third kappa shape index (κ3) is 10.2. The molecule has 36 heavy (non-hydrogen) atoms. The van der Waals surface area contributed by atoms with Gasteiger partial charge in [0.05, 0.1) is 11.9 Å². The van der Waals surface area contributed by atoms with Gasteiger partial charge in [0.25, 0.3) is 0 Å². The first-order valence-electron chi connectivity index (χ1n) is 13.0. The number of rotatable bonds is 11. The van der Waals surface area contributed by atoms with E-state index in [1.807, 2.05) is 19.9 Å². The number of nitrogens with two attached hydrogens (primary N) is 1. The van der Waals surface area contributed by atoms with E-state index in [1.54, 1.807) is 6.20 Å². The first-order valence-corrected chi connectivity index (χ1v) is 13.0. The zero-order chi connectivity index (χ0) is 26.3. The molecule has 1 aromatic carbocycles. The van der Waals surface area contributed by atoms with Crippen molar-refractivity contribution in [3.63, 3.8) is 0 Å². The van der Waals surface area contributed by atoms with Crippen LogP contribution in [-0.2, 0) is 16.0 Å². The molecule has 0 radical (unpaired) electrons. The minimum atomic E-state index is -0.0285. The Morgan fingerprint density at radius 2 is 1.94 bits per heavy atom. The number of benzene rings is 1. The molecule has 0 spiro atoms. The van der Waals surface area contributed by atoms with Crippen molar-refractivity contribution in [1.29, 1.82) is 0 Å². The summed E-state index contributed by atoms with van der Waals surface area (Å²) in [6.07, 6.45) is 7.75. The minimum absolute atomic E-state index is 0.0285. The fourth-order valence-corrected chi connectivity index (χ4v) is 4.34. The maximum absolute atomic E-state index is 11.9. The molecule has 2 aromatic rings. The van der Waals surface area contributed by atoms with E-state index in [9.17, 15) is 9.59 Å². The second-order valence-electron chi connectivity index (χ2n) is 9.71. The van der Waals surface area contributed by atoms with E-state index < -0.39 is 0 Å². The van der Waals surface area contributed by atoms with Crippen molar-refractivity contribution in [3.05, 3.63) is 48.2 Å². The number of carbonyl (C=O) groups excluding carboxylic acids is 2. The lowest BCUT2D eigenvalue weighted by Crippen LogP contribution is -2.41. The van der Waals surface area contributed by atoms with Crippen LogP contribution in [0.1, 0.15) is 51.5 Å². The lowest BCUT2D eigenvalue weighted by atomic mass is 10.0. The Morgan fingerprint density at radius 1 is 1.25 bits per heavy atom. The molecule has 0 bridgehead atoms. The number of carbonyl (C=O) groups is 2. The van der Waals surface area contributed by atoms with E-state index in [1.165, 1.54) is 31.6 Å². The van der Waals surface area contributed by atoms with Gasteiger partial charge in [0, 0.05) is 37.8 Å². The molecule has 4 N–H and O–H groups in total. The van der Waals surface area contributed by atoms with Gasteiger partial charge in [-0.1, -0.05) is 32.0 Å². The maximum Gasteiger partial charge on any atom is 0.224 e. The summed E-state index contributed by atoms with van der Waals surface area (Å²) >= 11 is 0. The molecular formula is C28H44N6O2. The van der Waals surface area contributed by atoms with Crippen LogP contribution < -0.4 is 21.3 Å². The number of hydrogen-bond acceptors (Lipinski definition) is 6. The van der Waals surface area contributed by atoms with Crippen LogP contribution >= 0.6 is 0 Å². The van der Waals surface area contributed by atoms with Crippen LogP contribution in [-0.4, -0.2) is 62.0 Å². The summed E-state index contributed by atoms with van der Waals surface area (Å²) in [6, 6.07) is 13.4. The van der Waals surface area contributed by atoms with Gasteiger partial charge in [-0.3, -0.25) is 9.59 Å². The Morgan fingerprint density at radius 3 is 2.56 bits per heavy atom. The molecule has 8 nitrogen and oxygen atoms in total. The number of pyridine rings is 1. The number of aromatic nitrogens is 1. The van der Waals surface area contributed by atoms with Crippen LogP contribution in [0.25, 0.3) is 0 Å². The molecule has 8 heteroatoms. The number of amides is 2. The summed E-state index contributed by atoms with van der Waals surface area (Å²) in [5, 5.41) is 5.47. The van der Waals surface area contributed by atoms with Crippen LogP contribution in [0, 0.1) is 5.92 Å². The molecule has 198 valence electrons. The molecule has 1 fully saturated rings. The van der Waals surface area contributed by atoms with Crippen molar-refractivity contribution in [2.45, 2.75) is 58.4 Å². The van der Waals surface area contributed by atoms with E-state index in [0.717, 1.165) is 30.9 Å². The van der Waals surface area contributed by atoms with E-state index >= 15 is 0 Å². The largest absolute Gasteiger partial charge is 0.383 e. The quantitative estimate of drug-likeness (QED) is 0.407. The molecule has 1 aliphatic rings. The Kier molecular flexibility index (Phi) is 12.8. The molecule has 1 saturated heterocycles. The molecule has 1 atom stereocenters. The predicted molar refractivity (Wildman–Crippen MR) is 149 cm³/mol. The highest BCUT2D eigenvalue weighted by molar-refractivity contribution is 5.90. The van der Waals surface area contributed by atoms with Gasteiger partial charge >= 0.3 is 0 Å². The van der Waals surface area contributed by atoms with Crippen molar-refractivity contribution < 1.29 is 9.59 Å². The third-order valence-electron chi connectivity index (χ3n) is 6.63. The third-order valence-corrected chi connectivity index (χ3v) is 6.63. The summed E-state index contributed by atoms with van der Waals surface area (Å²) in [6.45, 7) is 7.06. The highest BCUT2D eigenvalue weighted by atomic mass is 16.1. The smallest absolute Gasteiger partial charge is 0.224 e. The second-order valence-corrected chi connectivity index (χ2v) is 9.71. The summed E-state index contributed by atoms with van der Waals surface area (Å²) in [7, 11) is 4.37. The summed E-state index contributed by atoms with van der Waals surface area (Å²) in [5.41, 5.74) is 8.71. The summed E-state index contributed by atoms with van der Waals surface area (Å²) in [5.74, 6) is 0.846. The van der Waals surface area contributed by atoms with E-state index in [-0.39, 0.29) is 5.91 Å². The molecule has 1 aliphatic heterocycles. The highest BCUT2D eigenvalue weighted by Gasteiger charge is 2.20. The topological polar surface area (TPSA) is 104 Å².